The number of hydrogen-bond acceptors (Lipinski definition) is 4. The van der Waals surface area contributed by atoms with Gasteiger partial charge in [0.05, 0.1) is 11.4 Å². The zero-order chi connectivity index (χ0) is 17.3. The lowest BCUT2D eigenvalue weighted by atomic mass is 10.2. The Morgan fingerprint density at radius 1 is 1.17 bits per heavy atom. The van der Waals surface area contributed by atoms with Gasteiger partial charge in [0.1, 0.15) is 0 Å². The fraction of sp³-hybridized carbons (Fsp3) is 0.500. The Morgan fingerprint density at radius 3 is 2.38 bits per heavy atom. The smallest absolute Gasteiger partial charge is 0.266 e. The van der Waals surface area contributed by atoms with E-state index in [0.717, 1.165) is 25.7 Å². The molecule has 1 heterocycles. The van der Waals surface area contributed by atoms with Crippen LogP contribution in [0.15, 0.2) is 29.2 Å². The van der Waals surface area contributed by atoms with Gasteiger partial charge in [-0.1, -0.05) is 12.8 Å². The fourth-order valence-corrected chi connectivity index (χ4v) is 4.79. The number of hydrogen-bond donors (Lipinski definition) is 2. The lowest BCUT2D eigenvalue weighted by Gasteiger charge is -2.26. The van der Waals surface area contributed by atoms with Crippen molar-refractivity contribution in [3.8, 4) is 0 Å². The molecule has 0 unspecified atom stereocenters. The van der Waals surface area contributed by atoms with Gasteiger partial charge in [0.15, 0.2) is 0 Å². The summed E-state index contributed by atoms with van der Waals surface area (Å²) in [5.74, 6) is -0.132. The first-order valence-corrected chi connectivity index (χ1v) is 9.59. The van der Waals surface area contributed by atoms with Gasteiger partial charge < -0.3 is 10.2 Å². The third-order valence-electron chi connectivity index (χ3n) is 4.58. The monoisotopic (exact) mass is 350 g/mol. The second kappa shape index (κ2) is 6.43. The van der Waals surface area contributed by atoms with Crippen LogP contribution in [0.1, 0.15) is 32.6 Å². The molecule has 2 aliphatic rings. The zero-order valence-corrected chi connectivity index (χ0v) is 14.5. The van der Waals surface area contributed by atoms with E-state index in [0.29, 0.717) is 24.8 Å². The second-order valence-electron chi connectivity index (χ2n) is 6.24. The summed E-state index contributed by atoms with van der Waals surface area (Å²) in [6, 6.07) is 6.34. The van der Waals surface area contributed by atoms with Crippen molar-refractivity contribution in [1.82, 2.24) is 9.21 Å². The lowest BCUT2D eigenvalue weighted by molar-refractivity contribution is -0.114. The van der Waals surface area contributed by atoms with E-state index in [-0.39, 0.29) is 16.8 Å². The zero-order valence-electron chi connectivity index (χ0n) is 13.7. The van der Waals surface area contributed by atoms with Gasteiger partial charge in [-0.25, -0.2) is 12.7 Å². The molecule has 0 radical (unpaired) electrons. The van der Waals surface area contributed by atoms with Crippen LogP contribution in [0.2, 0.25) is 0 Å². The largest absolute Gasteiger partial charge is 0.337 e. The number of benzene rings is 1. The van der Waals surface area contributed by atoms with Gasteiger partial charge >= 0.3 is 0 Å². The summed E-state index contributed by atoms with van der Waals surface area (Å²) >= 11 is 0. The molecule has 24 heavy (non-hydrogen) atoms. The molecular weight excluding hydrogens is 328 g/mol. The maximum Gasteiger partial charge on any atom is 0.266 e. The number of carbonyl (C=O) groups excluding carboxylic acids is 1. The molecule has 130 valence electrons. The highest BCUT2D eigenvalue weighted by molar-refractivity contribution is 7.89. The lowest BCUT2D eigenvalue weighted by Crippen LogP contribution is -2.40. The third kappa shape index (κ3) is 3.10. The van der Waals surface area contributed by atoms with E-state index in [9.17, 15) is 13.2 Å². The Balaban J connectivity index is 1.77. The number of sulfonamides is 1. The van der Waals surface area contributed by atoms with Crippen LogP contribution < -0.4 is 5.32 Å². The summed E-state index contributed by atoms with van der Waals surface area (Å²) < 4.78 is 26.8. The molecule has 1 saturated carbocycles. The number of amides is 1. The molecule has 8 heteroatoms. The number of carbonyl (C=O) groups is 1. The van der Waals surface area contributed by atoms with Gasteiger partial charge in [-0.15, -0.1) is 0 Å². The highest BCUT2D eigenvalue weighted by Gasteiger charge is 2.38. The molecule has 2 fully saturated rings. The Hall–Kier alpha value is -2.09. The second-order valence-corrected chi connectivity index (χ2v) is 8.10. The Labute approximate surface area is 142 Å². The van der Waals surface area contributed by atoms with Crippen molar-refractivity contribution in [2.45, 2.75) is 43.5 Å². The summed E-state index contributed by atoms with van der Waals surface area (Å²) in [6.45, 7) is 2.28. The number of anilines is 1. The van der Waals surface area contributed by atoms with Crippen LogP contribution in [0.25, 0.3) is 0 Å². The van der Waals surface area contributed by atoms with Gasteiger partial charge in [-0.3, -0.25) is 10.2 Å². The maximum absolute atomic E-state index is 12.8. The summed E-state index contributed by atoms with van der Waals surface area (Å²) in [4.78, 5) is 13.1. The SMILES string of the molecule is CC(=O)Nc1ccc(S(=O)(=O)N2CCN(C3CCCC3)C2=N)cc1. The van der Waals surface area contributed by atoms with Crippen molar-refractivity contribution in [2.24, 2.45) is 0 Å². The predicted molar refractivity (Wildman–Crippen MR) is 91.3 cm³/mol. The minimum Gasteiger partial charge on any atom is -0.337 e. The molecule has 0 bridgehead atoms. The minimum atomic E-state index is -3.74. The van der Waals surface area contributed by atoms with Crippen molar-refractivity contribution in [3.63, 3.8) is 0 Å². The Morgan fingerprint density at radius 2 is 1.79 bits per heavy atom. The molecular formula is C16H22N4O3S. The van der Waals surface area contributed by atoms with Crippen molar-refractivity contribution < 1.29 is 13.2 Å². The number of nitrogens with one attached hydrogen (secondary N) is 2. The van der Waals surface area contributed by atoms with Crippen LogP contribution in [0.5, 0.6) is 0 Å². The standard InChI is InChI=1S/C16H22N4O3S/c1-12(21)18-13-6-8-15(9-7-13)24(22,23)20-11-10-19(16(20)17)14-4-2-3-5-14/h6-9,14,17H,2-5,10-11H2,1H3,(H,18,21). The van der Waals surface area contributed by atoms with E-state index in [1.54, 1.807) is 12.1 Å². The summed E-state index contributed by atoms with van der Waals surface area (Å²) in [6.07, 6.45) is 4.35. The van der Waals surface area contributed by atoms with Gasteiger partial charge in [-0.05, 0) is 37.1 Å². The van der Waals surface area contributed by atoms with E-state index in [1.165, 1.54) is 23.4 Å². The van der Waals surface area contributed by atoms with E-state index >= 15 is 0 Å². The molecule has 1 aromatic carbocycles. The van der Waals surface area contributed by atoms with Gasteiger partial charge in [0, 0.05) is 25.2 Å². The van der Waals surface area contributed by atoms with Crippen LogP contribution >= 0.6 is 0 Å². The molecule has 0 aromatic heterocycles. The van der Waals surface area contributed by atoms with E-state index in [2.05, 4.69) is 5.32 Å². The van der Waals surface area contributed by atoms with E-state index in [1.807, 2.05) is 4.90 Å². The number of rotatable bonds is 4. The summed E-state index contributed by atoms with van der Waals surface area (Å²) in [5, 5.41) is 10.9. The van der Waals surface area contributed by atoms with Gasteiger partial charge in [-0.2, -0.15) is 0 Å². The molecule has 1 aliphatic carbocycles. The molecule has 1 saturated heterocycles. The molecule has 0 spiro atoms. The highest BCUT2D eigenvalue weighted by Crippen LogP contribution is 2.29. The highest BCUT2D eigenvalue weighted by atomic mass is 32.2. The summed E-state index contributed by atoms with van der Waals surface area (Å²) in [7, 11) is -3.74. The van der Waals surface area contributed by atoms with Gasteiger partial charge in [0.2, 0.25) is 11.9 Å². The Kier molecular flexibility index (Phi) is 4.49. The maximum atomic E-state index is 12.8. The molecule has 2 N–H and O–H groups in total. The number of guanidine groups is 1. The quantitative estimate of drug-likeness (QED) is 0.866. The van der Waals surface area contributed by atoms with E-state index in [4.69, 9.17) is 5.41 Å². The molecule has 1 aromatic rings. The average Bonchev–Trinajstić information content (AvgIpc) is 3.16. The van der Waals surface area contributed by atoms with Crippen molar-refractivity contribution >= 4 is 27.6 Å². The van der Waals surface area contributed by atoms with Crippen molar-refractivity contribution in [2.75, 3.05) is 18.4 Å². The topological polar surface area (TPSA) is 93.6 Å². The molecule has 0 atom stereocenters. The van der Waals surface area contributed by atoms with Crippen molar-refractivity contribution in [3.05, 3.63) is 24.3 Å². The van der Waals surface area contributed by atoms with Crippen LogP contribution in [-0.4, -0.2) is 48.6 Å². The first-order valence-electron chi connectivity index (χ1n) is 8.15. The summed E-state index contributed by atoms with van der Waals surface area (Å²) in [5.41, 5.74) is 0.547. The Bertz CT molecular complexity index is 739. The molecule has 1 amide bonds. The number of nitrogens with zero attached hydrogens (tertiary/aromatic N) is 2. The van der Waals surface area contributed by atoms with Crippen LogP contribution in [-0.2, 0) is 14.8 Å². The van der Waals surface area contributed by atoms with Crippen LogP contribution in [0.4, 0.5) is 5.69 Å². The van der Waals surface area contributed by atoms with E-state index < -0.39 is 10.0 Å². The first kappa shape index (κ1) is 16.8. The first-order chi connectivity index (χ1) is 11.4. The predicted octanol–water partition coefficient (Wildman–Crippen LogP) is 1.83. The molecule has 3 rings (SSSR count). The fourth-order valence-electron chi connectivity index (χ4n) is 3.40. The minimum absolute atomic E-state index is 0.0767. The average molecular weight is 350 g/mol. The molecule has 1 aliphatic heterocycles. The van der Waals surface area contributed by atoms with Crippen LogP contribution in [0, 0.1) is 5.41 Å². The van der Waals surface area contributed by atoms with Crippen molar-refractivity contribution in [1.29, 1.82) is 5.41 Å². The third-order valence-corrected chi connectivity index (χ3v) is 6.38. The normalized spacial score (nSPS) is 19.1. The van der Waals surface area contributed by atoms with Crippen LogP contribution in [0.3, 0.4) is 0 Å². The van der Waals surface area contributed by atoms with Gasteiger partial charge in [0.25, 0.3) is 10.0 Å². The molecule has 7 nitrogen and oxygen atoms in total.